The number of para-hydroxylation sites is 1. The van der Waals surface area contributed by atoms with Crippen LogP contribution >= 0.6 is 0 Å². The Morgan fingerprint density at radius 3 is 2.33 bits per heavy atom. The number of rotatable bonds is 6. The molecule has 0 aliphatic carbocycles. The van der Waals surface area contributed by atoms with Gasteiger partial charge in [-0.05, 0) is 49.7 Å². The summed E-state index contributed by atoms with van der Waals surface area (Å²) in [5.41, 5.74) is 2.39. The van der Waals surface area contributed by atoms with Crippen molar-refractivity contribution in [1.82, 2.24) is 9.47 Å². The maximum atomic E-state index is 14.3. The van der Waals surface area contributed by atoms with Crippen LogP contribution in [-0.2, 0) is 6.54 Å². The molecule has 0 saturated carbocycles. The molecule has 0 bridgehead atoms. The van der Waals surface area contributed by atoms with Gasteiger partial charge in [0.25, 0.3) is 5.56 Å². The predicted molar refractivity (Wildman–Crippen MR) is 128 cm³/mol. The molecule has 6 nitrogen and oxygen atoms in total. The zero-order valence-corrected chi connectivity index (χ0v) is 19.3. The fourth-order valence-corrected chi connectivity index (χ4v) is 4.69. The Morgan fingerprint density at radius 2 is 1.73 bits per heavy atom. The number of hydrogen-bond donors (Lipinski definition) is 1. The quantitative estimate of drug-likeness (QED) is 0.615. The number of benzene rings is 2. The second-order valence-electron chi connectivity index (χ2n) is 8.28. The molecule has 1 aromatic heterocycles. The number of methoxy groups -OCH3 is 1. The van der Waals surface area contributed by atoms with Gasteiger partial charge in [-0.1, -0.05) is 24.3 Å². The topological polar surface area (TPSA) is 57.9 Å². The van der Waals surface area contributed by atoms with Gasteiger partial charge >= 0.3 is 0 Å². The van der Waals surface area contributed by atoms with E-state index in [1.807, 2.05) is 49.1 Å². The molecule has 1 fully saturated rings. The smallest absolute Gasteiger partial charge is 0.259 e. The summed E-state index contributed by atoms with van der Waals surface area (Å²) < 4.78 is 21.3. The summed E-state index contributed by atoms with van der Waals surface area (Å²) in [4.78, 5) is 17.7. The summed E-state index contributed by atoms with van der Waals surface area (Å²) in [5, 5.41) is 10.9. The van der Waals surface area contributed by atoms with Gasteiger partial charge in [0.15, 0.2) is 0 Å². The minimum atomic E-state index is -0.426. The number of halogens is 1. The van der Waals surface area contributed by atoms with Crippen molar-refractivity contribution >= 4 is 5.69 Å². The summed E-state index contributed by atoms with van der Waals surface area (Å²) in [7, 11) is 1.61. The van der Waals surface area contributed by atoms with Gasteiger partial charge in [-0.3, -0.25) is 9.69 Å². The van der Waals surface area contributed by atoms with Crippen LogP contribution < -0.4 is 15.2 Å². The molecule has 4 rings (SSSR count). The van der Waals surface area contributed by atoms with Crippen molar-refractivity contribution in [3.05, 3.63) is 87.6 Å². The fourth-order valence-electron chi connectivity index (χ4n) is 4.69. The minimum Gasteiger partial charge on any atom is -0.507 e. The van der Waals surface area contributed by atoms with Crippen LogP contribution in [0, 0.1) is 12.7 Å². The molecule has 1 aliphatic heterocycles. The van der Waals surface area contributed by atoms with Crippen LogP contribution in [0.15, 0.2) is 59.4 Å². The number of nitrogens with zero attached hydrogens (tertiary/aromatic N) is 3. The van der Waals surface area contributed by atoms with Crippen LogP contribution in [0.25, 0.3) is 0 Å². The molecule has 2 heterocycles. The van der Waals surface area contributed by atoms with E-state index in [9.17, 15) is 14.3 Å². The van der Waals surface area contributed by atoms with E-state index >= 15 is 0 Å². The largest absolute Gasteiger partial charge is 0.507 e. The molecule has 1 N–H and O–H groups in total. The van der Waals surface area contributed by atoms with Gasteiger partial charge in [0.1, 0.15) is 17.3 Å². The molecule has 0 radical (unpaired) electrons. The van der Waals surface area contributed by atoms with Crippen LogP contribution in [0.1, 0.15) is 29.8 Å². The third-order valence-electron chi connectivity index (χ3n) is 6.42. The van der Waals surface area contributed by atoms with Crippen molar-refractivity contribution < 1.29 is 14.2 Å². The third kappa shape index (κ3) is 4.46. The molecule has 174 valence electrons. The van der Waals surface area contributed by atoms with Gasteiger partial charge in [0.05, 0.1) is 24.4 Å². The first-order valence-corrected chi connectivity index (χ1v) is 11.2. The normalized spacial score (nSPS) is 15.5. The van der Waals surface area contributed by atoms with Crippen LogP contribution in [0.2, 0.25) is 0 Å². The second-order valence-corrected chi connectivity index (χ2v) is 8.28. The fraction of sp³-hybridized carbons (Fsp3) is 0.346. The average Bonchev–Trinajstić information content (AvgIpc) is 2.82. The van der Waals surface area contributed by atoms with Gasteiger partial charge in [-0.15, -0.1) is 0 Å². The highest BCUT2D eigenvalue weighted by Gasteiger charge is 2.31. The Labute approximate surface area is 193 Å². The Morgan fingerprint density at radius 1 is 1.06 bits per heavy atom. The highest BCUT2D eigenvalue weighted by atomic mass is 19.1. The molecular weight excluding hydrogens is 421 g/mol. The van der Waals surface area contributed by atoms with Gasteiger partial charge < -0.3 is 19.3 Å². The molecule has 1 aliphatic rings. The van der Waals surface area contributed by atoms with Crippen LogP contribution in [0.3, 0.4) is 0 Å². The molecule has 2 aromatic carbocycles. The molecule has 1 atom stereocenters. The first kappa shape index (κ1) is 22.9. The molecule has 7 heteroatoms. The summed E-state index contributed by atoms with van der Waals surface area (Å²) in [5.74, 6) is 0.486. The van der Waals surface area contributed by atoms with E-state index in [0.29, 0.717) is 44.0 Å². The SMILES string of the molecule is CCn1c(C)cc(O)c([C@H](c2ccc(OC)cc2)N2CCN(c3ccccc3F)CC2)c1=O. The number of hydrogen-bond acceptors (Lipinski definition) is 5. The van der Waals surface area contributed by atoms with E-state index in [-0.39, 0.29) is 17.1 Å². The van der Waals surface area contributed by atoms with E-state index in [0.717, 1.165) is 17.0 Å². The lowest BCUT2D eigenvalue weighted by Gasteiger charge is -2.40. The number of ether oxygens (including phenoxy) is 1. The van der Waals surface area contributed by atoms with Crippen molar-refractivity contribution in [3.63, 3.8) is 0 Å². The van der Waals surface area contributed by atoms with Gasteiger partial charge in [-0.2, -0.15) is 0 Å². The van der Waals surface area contributed by atoms with Crippen LogP contribution in [0.5, 0.6) is 11.5 Å². The number of anilines is 1. The van der Waals surface area contributed by atoms with E-state index in [4.69, 9.17) is 4.74 Å². The zero-order chi connectivity index (χ0) is 23.5. The maximum Gasteiger partial charge on any atom is 0.259 e. The molecule has 0 spiro atoms. The number of piperazine rings is 1. The Balaban J connectivity index is 1.72. The monoisotopic (exact) mass is 451 g/mol. The summed E-state index contributed by atoms with van der Waals surface area (Å²) >= 11 is 0. The first-order valence-electron chi connectivity index (χ1n) is 11.2. The average molecular weight is 452 g/mol. The molecule has 0 unspecified atom stereocenters. The zero-order valence-electron chi connectivity index (χ0n) is 19.3. The molecule has 0 amide bonds. The first-order chi connectivity index (χ1) is 15.9. The second kappa shape index (κ2) is 9.67. The van der Waals surface area contributed by atoms with Crippen molar-refractivity contribution in [1.29, 1.82) is 0 Å². The molecule has 3 aromatic rings. The van der Waals surface area contributed by atoms with E-state index in [1.54, 1.807) is 29.9 Å². The number of aromatic nitrogens is 1. The summed E-state index contributed by atoms with van der Waals surface area (Å²) in [6, 6.07) is 15.6. The number of aryl methyl sites for hydroxylation is 1. The highest BCUT2D eigenvalue weighted by molar-refractivity contribution is 5.48. The van der Waals surface area contributed by atoms with Crippen molar-refractivity contribution in [3.8, 4) is 11.5 Å². The van der Waals surface area contributed by atoms with Crippen molar-refractivity contribution in [2.75, 3.05) is 38.2 Å². The lowest BCUT2D eigenvalue weighted by Crippen LogP contribution is -2.49. The van der Waals surface area contributed by atoms with Gasteiger partial charge in [0.2, 0.25) is 0 Å². The Kier molecular flexibility index (Phi) is 6.70. The van der Waals surface area contributed by atoms with Crippen LogP contribution in [-0.4, -0.2) is 47.9 Å². The number of aromatic hydroxyl groups is 1. The molecule has 1 saturated heterocycles. The lowest BCUT2D eigenvalue weighted by molar-refractivity contribution is 0.207. The summed E-state index contributed by atoms with van der Waals surface area (Å²) in [6.07, 6.45) is 0. The summed E-state index contributed by atoms with van der Waals surface area (Å²) in [6.45, 7) is 6.72. The molecular formula is C26H30FN3O3. The van der Waals surface area contributed by atoms with Crippen molar-refractivity contribution in [2.24, 2.45) is 0 Å². The van der Waals surface area contributed by atoms with Crippen molar-refractivity contribution in [2.45, 2.75) is 26.4 Å². The highest BCUT2D eigenvalue weighted by Crippen LogP contribution is 2.34. The Bertz CT molecular complexity index is 1170. The minimum absolute atomic E-state index is 0.000415. The third-order valence-corrected chi connectivity index (χ3v) is 6.42. The standard InChI is InChI=1S/C26H30FN3O3/c1-4-30-18(2)17-23(31)24(26(30)32)25(19-9-11-20(33-3)12-10-19)29-15-13-28(14-16-29)22-8-6-5-7-21(22)27/h5-12,17,25,31H,4,13-16H2,1-3H3/t25-/m0/s1. The van der Waals surface area contributed by atoms with E-state index in [1.165, 1.54) is 6.07 Å². The van der Waals surface area contributed by atoms with E-state index in [2.05, 4.69) is 4.90 Å². The maximum absolute atomic E-state index is 14.3. The Hall–Kier alpha value is -3.32. The van der Waals surface area contributed by atoms with Crippen LogP contribution in [0.4, 0.5) is 10.1 Å². The lowest BCUT2D eigenvalue weighted by atomic mass is 9.95. The van der Waals surface area contributed by atoms with Gasteiger partial charge in [0, 0.05) is 38.4 Å². The number of pyridine rings is 1. The van der Waals surface area contributed by atoms with Gasteiger partial charge in [-0.25, -0.2) is 4.39 Å². The van der Waals surface area contributed by atoms with E-state index < -0.39 is 6.04 Å². The predicted octanol–water partition coefficient (Wildman–Crippen LogP) is 3.94. The molecule has 33 heavy (non-hydrogen) atoms.